The zero-order valence-electron chi connectivity index (χ0n) is 8.80. The van der Waals surface area contributed by atoms with Crippen LogP contribution in [0.5, 0.6) is 0 Å². The summed E-state index contributed by atoms with van der Waals surface area (Å²) in [6, 6.07) is 0. The van der Waals surface area contributed by atoms with Gasteiger partial charge in [0.25, 0.3) is 0 Å². The average molecular weight is 281 g/mol. The van der Waals surface area contributed by atoms with E-state index in [0.29, 0.717) is 0 Å². The van der Waals surface area contributed by atoms with Crippen LogP contribution in [0.4, 0.5) is 0 Å². The first kappa shape index (κ1) is 14.1. The molecule has 0 fully saturated rings. The molecule has 2 N–H and O–H groups in total. The Kier molecular flexibility index (Phi) is 5.07. The van der Waals surface area contributed by atoms with Gasteiger partial charge in [0.1, 0.15) is 22.7 Å². The number of esters is 1. The van der Waals surface area contributed by atoms with Crippen LogP contribution in [0, 0.1) is 0 Å². The molecule has 2 atom stereocenters. The van der Waals surface area contributed by atoms with Crippen molar-refractivity contribution in [3.8, 4) is 0 Å². The van der Waals surface area contributed by atoms with Gasteiger partial charge in [0.05, 0.1) is 12.2 Å². The van der Waals surface area contributed by atoms with Crippen LogP contribution in [-0.4, -0.2) is 38.9 Å². The molecule has 0 aliphatic rings. The van der Waals surface area contributed by atoms with E-state index in [0.717, 1.165) is 6.33 Å². The van der Waals surface area contributed by atoms with E-state index in [-0.39, 0.29) is 22.5 Å². The molecule has 0 bridgehead atoms. The van der Waals surface area contributed by atoms with Gasteiger partial charge in [0.2, 0.25) is 0 Å². The molecule has 1 aromatic heterocycles. The Hall–Kier alpha value is -0.950. The van der Waals surface area contributed by atoms with Gasteiger partial charge < -0.3 is 14.9 Å². The summed E-state index contributed by atoms with van der Waals surface area (Å²) in [6.45, 7) is 1.65. The second kappa shape index (κ2) is 6.11. The molecule has 94 valence electrons. The highest BCUT2D eigenvalue weighted by molar-refractivity contribution is 6.34. The maximum Gasteiger partial charge on any atom is 0.338 e. The molecule has 17 heavy (non-hydrogen) atoms. The Morgan fingerprint density at radius 2 is 1.94 bits per heavy atom. The summed E-state index contributed by atoms with van der Waals surface area (Å²) >= 11 is 11.4. The highest BCUT2D eigenvalue weighted by Gasteiger charge is 2.31. The molecule has 1 aromatic rings. The lowest BCUT2D eigenvalue weighted by molar-refractivity contribution is -0.159. The van der Waals surface area contributed by atoms with Crippen molar-refractivity contribution in [1.29, 1.82) is 0 Å². The SMILES string of the molecule is CCOC(=O)C(O)C(O)c1c(Cl)ncnc1Cl. The van der Waals surface area contributed by atoms with Crippen molar-refractivity contribution in [2.45, 2.75) is 19.1 Å². The fourth-order valence-electron chi connectivity index (χ4n) is 1.11. The molecule has 0 aliphatic carbocycles. The van der Waals surface area contributed by atoms with Gasteiger partial charge in [-0.1, -0.05) is 23.2 Å². The van der Waals surface area contributed by atoms with Gasteiger partial charge in [0, 0.05) is 0 Å². The summed E-state index contributed by atoms with van der Waals surface area (Å²) in [5.74, 6) is -0.976. The fraction of sp³-hybridized carbons (Fsp3) is 0.444. The number of aliphatic hydroxyl groups excluding tert-OH is 2. The molecule has 2 unspecified atom stereocenters. The quantitative estimate of drug-likeness (QED) is 0.624. The van der Waals surface area contributed by atoms with Gasteiger partial charge in [-0.2, -0.15) is 0 Å². The van der Waals surface area contributed by atoms with Crippen molar-refractivity contribution in [2.24, 2.45) is 0 Å². The number of ether oxygens (including phenoxy) is 1. The molecule has 1 heterocycles. The van der Waals surface area contributed by atoms with Gasteiger partial charge in [-0.05, 0) is 6.92 Å². The first-order valence-corrected chi connectivity index (χ1v) is 5.43. The number of hydrogen-bond donors (Lipinski definition) is 2. The van der Waals surface area contributed by atoms with Crippen molar-refractivity contribution in [3.05, 3.63) is 22.2 Å². The van der Waals surface area contributed by atoms with E-state index in [4.69, 9.17) is 23.2 Å². The highest BCUT2D eigenvalue weighted by Crippen LogP contribution is 2.29. The summed E-state index contributed by atoms with van der Waals surface area (Å²) in [7, 11) is 0. The predicted octanol–water partition coefficient (Wildman–Crippen LogP) is 0.741. The van der Waals surface area contributed by atoms with E-state index in [1.165, 1.54) is 0 Å². The van der Waals surface area contributed by atoms with Gasteiger partial charge in [-0.3, -0.25) is 0 Å². The van der Waals surface area contributed by atoms with E-state index in [9.17, 15) is 15.0 Å². The number of hydrogen-bond acceptors (Lipinski definition) is 6. The third kappa shape index (κ3) is 3.26. The molecule has 0 spiro atoms. The van der Waals surface area contributed by atoms with Gasteiger partial charge >= 0.3 is 5.97 Å². The largest absolute Gasteiger partial charge is 0.464 e. The number of aromatic nitrogens is 2. The van der Waals surface area contributed by atoms with E-state index in [1.807, 2.05) is 0 Å². The summed E-state index contributed by atoms with van der Waals surface area (Å²) in [6.07, 6.45) is -2.34. The van der Waals surface area contributed by atoms with Crippen molar-refractivity contribution in [3.63, 3.8) is 0 Å². The van der Waals surface area contributed by atoms with Crippen molar-refractivity contribution in [2.75, 3.05) is 6.61 Å². The molecule has 6 nitrogen and oxygen atoms in total. The summed E-state index contributed by atoms with van der Waals surface area (Å²) < 4.78 is 4.55. The number of halogens is 2. The molecule has 8 heteroatoms. The molecule has 0 amide bonds. The maximum absolute atomic E-state index is 11.2. The summed E-state index contributed by atoms with van der Waals surface area (Å²) in [4.78, 5) is 18.4. The molecule has 0 aromatic carbocycles. The number of aliphatic hydroxyl groups is 2. The van der Waals surface area contributed by atoms with Crippen LogP contribution in [0.15, 0.2) is 6.33 Å². The predicted molar refractivity (Wildman–Crippen MR) is 59.7 cm³/mol. The average Bonchev–Trinajstić information content (AvgIpc) is 2.27. The summed E-state index contributed by atoms with van der Waals surface area (Å²) in [5.41, 5.74) is -0.114. The minimum atomic E-state index is -1.80. The highest BCUT2D eigenvalue weighted by atomic mass is 35.5. The van der Waals surface area contributed by atoms with E-state index in [1.54, 1.807) is 6.92 Å². The number of carbonyl (C=O) groups excluding carboxylic acids is 1. The second-order valence-electron chi connectivity index (χ2n) is 3.01. The molecule has 0 saturated carbocycles. The Balaban J connectivity index is 2.96. The van der Waals surface area contributed by atoms with Gasteiger partial charge in [-0.25, -0.2) is 14.8 Å². The van der Waals surface area contributed by atoms with E-state index >= 15 is 0 Å². The minimum Gasteiger partial charge on any atom is -0.464 e. The van der Waals surface area contributed by atoms with Crippen LogP contribution in [-0.2, 0) is 9.53 Å². The number of carbonyl (C=O) groups is 1. The lowest BCUT2D eigenvalue weighted by Crippen LogP contribution is -2.30. The molecule has 0 aliphatic heterocycles. The number of nitrogens with zero attached hydrogens (tertiary/aromatic N) is 2. The smallest absolute Gasteiger partial charge is 0.338 e. The monoisotopic (exact) mass is 280 g/mol. The Morgan fingerprint density at radius 1 is 1.41 bits per heavy atom. The Morgan fingerprint density at radius 3 is 2.41 bits per heavy atom. The molecular weight excluding hydrogens is 271 g/mol. The second-order valence-corrected chi connectivity index (χ2v) is 3.73. The normalized spacial score (nSPS) is 14.2. The van der Waals surface area contributed by atoms with Crippen LogP contribution >= 0.6 is 23.2 Å². The first-order valence-electron chi connectivity index (χ1n) is 4.67. The third-order valence-electron chi connectivity index (χ3n) is 1.91. The topological polar surface area (TPSA) is 92.5 Å². The van der Waals surface area contributed by atoms with E-state index < -0.39 is 18.2 Å². The Bertz CT molecular complexity index is 396. The van der Waals surface area contributed by atoms with Crippen LogP contribution < -0.4 is 0 Å². The summed E-state index contributed by atoms with van der Waals surface area (Å²) in [5, 5.41) is 19.0. The lowest BCUT2D eigenvalue weighted by atomic mass is 10.1. The first-order chi connectivity index (χ1) is 7.99. The van der Waals surface area contributed by atoms with Gasteiger partial charge in [0.15, 0.2) is 6.10 Å². The zero-order chi connectivity index (χ0) is 13.0. The molecular formula is C9H10Cl2N2O4. The van der Waals surface area contributed by atoms with E-state index in [2.05, 4.69) is 14.7 Å². The molecule has 1 rings (SSSR count). The molecule has 0 saturated heterocycles. The number of rotatable bonds is 4. The third-order valence-corrected chi connectivity index (χ3v) is 2.51. The van der Waals surface area contributed by atoms with Crippen LogP contribution in [0.25, 0.3) is 0 Å². The van der Waals surface area contributed by atoms with Gasteiger partial charge in [-0.15, -0.1) is 0 Å². The van der Waals surface area contributed by atoms with Crippen LogP contribution in [0.2, 0.25) is 10.3 Å². The lowest BCUT2D eigenvalue weighted by Gasteiger charge is -2.17. The Labute approximate surface area is 107 Å². The fourth-order valence-corrected chi connectivity index (χ4v) is 1.65. The molecule has 0 radical (unpaired) electrons. The van der Waals surface area contributed by atoms with Crippen molar-refractivity contribution in [1.82, 2.24) is 9.97 Å². The van der Waals surface area contributed by atoms with Crippen LogP contribution in [0.1, 0.15) is 18.6 Å². The zero-order valence-corrected chi connectivity index (χ0v) is 10.3. The van der Waals surface area contributed by atoms with Crippen LogP contribution in [0.3, 0.4) is 0 Å². The van der Waals surface area contributed by atoms with Crippen molar-refractivity contribution >= 4 is 29.2 Å². The standard InChI is InChI=1S/C9H10Cl2N2O4/c1-2-17-9(16)6(15)5(14)4-7(10)12-3-13-8(4)11/h3,5-6,14-15H,2H2,1H3. The van der Waals surface area contributed by atoms with Crippen molar-refractivity contribution < 1.29 is 19.7 Å². The minimum absolute atomic E-state index is 0.0787. The maximum atomic E-state index is 11.2.